The van der Waals surface area contributed by atoms with Crippen molar-refractivity contribution in [3.63, 3.8) is 0 Å². The first-order valence-electron chi connectivity index (χ1n) is 8.17. The summed E-state index contributed by atoms with van der Waals surface area (Å²) in [4.78, 5) is 11.7. The predicted octanol–water partition coefficient (Wildman–Crippen LogP) is 3.35. The lowest BCUT2D eigenvalue weighted by Gasteiger charge is -2.30. The number of ether oxygens (including phenoxy) is 1. The Hall–Kier alpha value is -2.14. The largest absolute Gasteiger partial charge is 0.462 e. The summed E-state index contributed by atoms with van der Waals surface area (Å²) in [6.07, 6.45) is 0. The molecule has 1 fully saturated rings. The third kappa shape index (κ3) is 4.93. The minimum Gasteiger partial charge on any atom is -0.462 e. The zero-order valence-corrected chi connectivity index (χ0v) is 14.5. The van der Waals surface area contributed by atoms with Gasteiger partial charge in [-0.3, -0.25) is 4.79 Å². The van der Waals surface area contributed by atoms with E-state index in [-0.39, 0.29) is 11.4 Å². The van der Waals surface area contributed by atoms with E-state index in [1.54, 1.807) is 6.07 Å². The van der Waals surface area contributed by atoms with E-state index < -0.39 is 0 Å². The molecule has 0 aromatic heterocycles. The average Bonchev–Trinajstić information content (AvgIpc) is 2.55. The van der Waals surface area contributed by atoms with Gasteiger partial charge in [0.15, 0.2) is 0 Å². The van der Waals surface area contributed by atoms with Crippen LogP contribution in [0.25, 0.3) is 10.8 Å². The predicted molar refractivity (Wildman–Crippen MR) is 95.9 cm³/mol. The highest BCUT2D eigenvalue weighted by Crippen LogP contribution is 2.29. The summed E-state index contributed by atoms with van der Waals surface area (Å²) in [5, 5.41) is 5.40. The standard InChI is InChI=1S/C14H15FN2.C5H10O2/c15-13-6-5-11-3-1-2-4-12(11)14(13)17-9-7-16-8-10-17;1-5(2,3)7-4-6/h1-6,16H,7-10H2;4H,1-3H3. The van der Waals surface area contributed by atoms with Crippen molar-refractivity contribution >= 4 is 22.9 Å². The Bertz CT molecular complexity index is 677. The molecule has 1 aliphatic rings. The molecule has 1 N–H and O–H groups in total. The molecular formula is C19H25FN2O2. The van der Waals surface area contributed by atoms with Crippen LogP contribution in [0, 0.1) is 5.82 Å². The molecule has 1 aliphatic heterocycles. The Labute approximate surface area is 142 Å². The van der Waals surface area contributed by atoms with Crippen LogP contribution in [0.1, 0.15) is 20.8 Å². The van der Waals surface area contributed by atoms with Gasteiger partial charge in [0.2, 0.25) is 0 Å². The maximum atomic E-state index is 14.0. The van der Waals surface area contributed by atoms with Gasteiger partial charge in [-0.15, -0.1) is 0 Å². The second-order valence-electron chi connectivity index (χ2n) is 6.68. The zero-order chi connectivity index (χ0) is 17.6. The van der Waals surface area contributed by atoms with Gasteiger partial charge in [-0.1, -0.05) is 30.3 Å². The van der Waals surface area contributed by atoms with Crippen LogP contribution in [0.3, 0.4) is 0 Å². The van der Waals surface area contributed by atoms with Crippen LogP contribution >= 0.6 is 0 Å². The molecule has 1 saturated heterocycles. The number of rotatable bonds is 2. The summed E-state index contributed by atoms with van der Waals surface area (Å²) >= 11 is 0. The van der Waals surface area contributed by atoms with Gasteiger partial charge in [-0.25, -0.2) is 4.39 Å². The van der Waals surface area contributed by atoms with E-state index >= 15 is 0 Å². The number of halogens is 1. The first-order chi connectivity index (χ1) is 11.4. The van der Waals surface area contributed by atoms with Crippen molar-refractivity contribution in [3.05, 3.63) is 42.2 Å². The first-order valence-corrected chi connectivity index (χ1v) is 8.17. The second-order valence-corrected chi connectivity index (χ2v) is 6.68. The summed E-state index contributed by atoms with van der Waals surface area (Å²) in [5.74, 6) is -0.120. The number of anilines is 1. The van der Waals surface area contributed by atoms with Crippen molar-refractivity contribution in [3.8, 4) is 0 Å². The van der Waals surface area contributed by atoms with Crippen LogP contribution in [0.4, 0.5) is 10.1 Å². The molecule has 5 heteroatoms. The molecule has 0 bridgehead atoms. The molecule has 0 radical (unpaired) electrons. The van der Waals surface area contributed by atoms with E-state index in [2.05, 4.69) is 15.0 Å². The molecule has 0 spiro atoms. The third-order valence-corrected chi connectivity index (χ3v) is 3.69. The van der Waals surface area contributed by atoms with Crippen LogP contribution in [0.15, 0.2) is 36.4 Å². The molecule has 0 atom stereocenters. The molecule has 2 aromatic rings. The van der Waals surface area contributed by atoms with E-state index in [4.69, 9.17) is 0 Å². The number of piperazine rings is 1. The van der Waals surface area contributed by atoms with Gasteiger partial charge in [0.05, 0.1) is 5.69 Å². The molecule has 0 aliphatic carbocycles. The summed E-state index contributed by atoms with van der Waals surface area (Å²) in [6, 6.07) is 11.4. The fraction of sp³-hybridized carbons (Fsp3) is 0.421. The van der Waals surface area contributed by atoms with E-state index in [1.165, 1.54) is 0 Å². The maximum Gasteiger partial charge on any atom is 0.293 e. The van der Waals surface area contributed by atoms with Gasteiger partial charge in [0.1, 0.15) is 11.4 Å². The number of fused-ring (bicyclic) bond motifs is 1. The summed E-state index contributed by atoms with van der Waals surface area (Å²) in [7, 11) is 0. The minimum absolute atomic E-state index is 0.120. The van der Waals surface area contributed by atoms with Crippen LogP contribution in [0.5, 0.6) is 0 Å². The van der Waals surface area contributed by atoms with Gasteiger partial charge in [-0.05, 0) is 32.2 Å². The van der Waals surface area contributed by atoms with Crippen molar-refractivity contribution in [2.45, 2.75) is 26.4 Å². The van der Waals surface area contributed by atoms with Gasteiger partial charge >= 0.3 is 0 Å². The number of nitrogens with one attached hydrogen (secondary N) is 1. The Morgan fingerprint density at radius 3 is 2.38 bits per heavy atom. The molecule has 24 heavy (non-hydrogen) atoms. The van der Waals surface area contributed by atoms with Crippen molar-refractivity contribution in [2.75, 3.05) is 31.1 Å². The van der Waals surface area contributed by atoms with Gasteiger partial charge in [0, 0.05) is 31.6 Å². The molecule has 2 aromatic carbocycles. The molecule has 4 nitrogen and oxygen atoms in total. The lowest BCUT2D eigenvalue weighted by Crippen LogP contribution is -2.44. The topological polar surface area (TPSA) is 41.6 Å². The average molecular weight is 332 g/mol. The van der Waals surface area contributed by atoms with Crippen molar-refractivity contribution < 1.29 is 13.9 Å². The number of hydrogen-bond donors (Lipinski definition) is 1. The number of carbonyl (C=O) groups is 1. The van der Waals surface area contributed by atoms with Crippen LogP contribution in [0.2, 0.25) is 0 Å². The highest BCUT2D eigenvalue weighted by atomic mass is 19.1. The fourth-order valence-electron chi connectivity index (χ4n) is 2.58. The lowest BCUT2D eigenvalue weighted by atomic mass is 10.1. The molecule has 1 heterocycles. The van der Waals surface area contributed by atoms with Crippen LogP contribution < -0.4 is 10.2 Å². The quantitative estimate of drug-likeness (QED) is 0.857. The Morgan fingerprint density at radius 1 is 1.12 bits per heavy atom. The molecule has 0 unspecified atom stereocenters. The minimum atomic E-state index is -0.318. The van der Waals surface area contributed by atoms with Gasteiger partial charge < -0.3 is 15.0 Å². The van der Waals surface area contributed by atoms with Crippen molar-refractivity contribution in [1.82, 2.24) is 5.32 Å². The zero-order valence-electron chi connectivity index (χ0n) is 14.5. The number of nitrogens with zero attached hydrogens (tertiary/aromatic N) is 1. The lowest BCUT2D eigenvalue weighted by molar-refractivity contribution is -0.138. The summed E-state index contributed by atoms with van der Waals surface area (Å²) in [6.45, 7) is 9.49. The van der Waals surface area contributed by atoms with Gasteiger partial charge in [-0.2, -0.15) is 0 Å². The molecule has 130 valence electrons. The van der Waals surface area contributed by atoms with Crippen LogP contribution in [-0.4, -0.2) is 38.3 Å². The molecule has 0 amide bonds. The Morgan fingerprint density at radius 2 is 1.79 bits per heavy atom. The van der Waals surface area contributed by atoms with E-state index in [1.807, 2.05) is 51.1 Å². The molecular weight excluding hydrogens is 307 g/mol. The summed E-state index contributed by atoms with van der Waals surface area (Å²) in [5.41, 5.74) is 0.437. The van der Waals surface area contributed by atoms with Crippen molar-refractivity contribution in [2.24, 2.45) is 0 Å². The SMILES string of the molecule is CC(C)(C)OC=O.Fc1ccc2ccccc2c1N1CCNCC1. The monoisotopic (exact) mass is 332 g/mol. The number of benzene rings is 2. The van der Waals surface area contributed by atoms with Gasteiger partial charge in [0.25, 0.3) is 6.47 Å². The highest BCUT2D eigenvalue weighted by molar-refractivity contribution is 5.94. The van der Waals surface area contributed by atoms with E-state index in [0.29, 0.717) is 6.47 Å². The number of hydrogen-bond acceptors (Lipinski definition) is 4. The second kappa shape index (κ2) is 8.11. The van der Waals surface area contributed by atoms with Crippen molar-refractivity contribution in [1.29, 1.82) is 0 Å². The molecule has 0 saturated carbocycles. The highest BCUT2D eigenvalue weighted by Gasteiger charge is 2.16. The first kappa shape index (κ1) is 18.2. The van der Waals surface area contributed by atoms with E-state index in [9.17, 15) is 9.18 Å². The third-order valence-electron chi connectivity index (χ3n) is 3.69. The maximum absolute atomic E-state index is 14.0. The summed E-state index contributed by atoms with van der Waals surface area (Å²) < 4.78 is 18.6. The van der Waals surface area contributed by atoms with E-state index in [0.717, 1.165) is 42.6 Å². The Balaban J connectivity index is 0.000000256. The normalized spacial score (nSPS) is 14.8. The smallest absolute Gasteiger partial charge is 0.293 e. The van der Waals surface area contributed by atoms with Crippen LogP contribution in [-0.2, 0) is 9.53 Å². The number of carbonyl (C=O) groups excluding carboxylic acids is 1. The Kier molecular flexibility index (Phi) is 6.15. The molecule has 3 rings (SSSR count). The fourth-order valence-corrected chi connectivity index (χ4v) is 2.58.